The topological polar surface area (TPSA) is 90.2 Å². The molecule has 0 fully saturated rings. The van der Waals surface area contributed by atoms with Crippen LogP contribution in [-0.2, 0) is 4.74 Å². The number of hydrogen-bond donors (Lipinski definition) is 4. The van der Waals surface area contributed by atoms with Crippen LogP contribution in [0.1, 0.15) is 11.7 Å². The second kappa shape index (κ2) is 8.03. The fraction of sp³-hybridized carbons (Fsp3) is 0.500. The Balaban J connectivity index is 2.74. The van der Waals surface area contributed by atoms with Gasteiger partial charge < -0.3 is 25.2 Å². The Morgan fingerprint density at radius 2 is 1.61 bits per heavy atom. The SMILES string of the molecule is OC[C@H](O[C@H](CO)[C@H](O)CO)c1ccc(I)cc1. The van der Waals surface area contributed by atoms with Gasteiger partial charge in [0, 0.05) is 3.57 Å². The molecule has 0 heterocycles. The molecule has 1 aromatic carbocycles. The third kappa shape index (κ3) is 4.45. The number of aliphatic hydroxyl groups is 4. The minimum atomic E-state index is -1.17. The molecule has 3 atom stereocenters. The van der Waals surface area contributed by atoms with E-state index in [1.165, 1.54) is 0 Å². The molecule has 0 aliphatic carbocycles. The van der Waals surface area contributed by atoms with Gasteiger partial charge in [0.1, 0.15) is 18.3 Å². The maximum absolute atomic E-state index is 9.44. The lowest BCUT2D eigenvalue weighted by Gasteiger charge is -2.25. The van der Waals surface area contributed by atoms with Crippen molar-refractivity contribution >= 4 is 22.6 Å². The van der Waals surface area contributed by atoms with Crippen molar-refractivity contribution in [2.24, 2.45) is 0 Å². The maximum Gasteiger partial charge on any atom is 0.110 e. The largest absolute Gasteiger partial charge is 0.394 e. The van der Waals surface area contributed by atoms with E-state index in [0.29, 0.717) is 0 Å². The zero-order valence-corrected chi connectivity index (χ0v) is 11.9. The van der Waals surface area contributed by atoms with Crippen LogP contribution < -0.4 is 0 Å². The molecule has 0 saturated heterocycles. The minimum absolute atomic E-state index is 0.269. The number of hydrogen-bond acceptors (Lipinski definition) is 5. The van der Waals surface area contributed by atoms with E-state index in [1.807, 2.05) is 24.3 Å². The molecule has 5 nitrogen and oxygen atoms in total. The second-order valence-electron chi connectivity index (χ2n) is 3.83. The van der Waals surface area contributed by atoms with Gasteiger partial charge in [0.15, 0.2) is 0 Å². The summed E-state index contributed by atoms with van der Waals surface area (Å²) >= 11 is 2.17. The molecule has 18 heavy (non-hydrogen) atoms. The quantitative estimate of drug-likeness (QED) is 0.511. The Hall–Kier alpha value is -0.250. The Kier molecular flexibility index (Phi) is 7.05. The Labute approximate surface area is 119 Å². The molecule has 0 aromatic heterocycles. The van der Waals surface area contributed by atoms with Gasteiger partial charge in [0.05, 0.1) is 19.8 Å². The average molecular weight is 368 g/mol. The third-order valence-electron chi connectivity index (χ3n) is 2.54. The maximum atomic E-state index is 9.44. The van der Waals surface area contributed by atoms with Crippen LogP contribution >= 0.6 is 22.6 Å². The predicted octanol–water partition coefficient (Wildman–Crippen LogP) is 0.0553. The Morgan fingerprint density at radius 3 is 2.06 bits per heavy atom. The Bertz CT molecular complexity index is 343. The molecule has 6 heteroatoms. The van der Waals surface area contributed by atoms with E-state index in [-0.39, 0.29) is 6.61 Å². The minimum Gasteiger partial charge on any atom is -0.394 e. The molecule has 0 aliphatic heterocycles. The van der Waals surface area contributed by atoms with Crippen LogP contribution in [0.5, 0.6) is 0 Å². The van der Waals surface area contributed by atoms with Gasteiger partial charge in [-0.15, -0.1) is 0 Å². The Morgan fingerprint density at radius 1 is 1.00 bits per heavy atom. The highest BCUT2D eigenvalue weighted by Gasteiger charge is 2.23. The third-order valence-corrected chi connectivity index (χ3v) is 3.26. The summed E-state index contributed by atoms with van der Waals surface area (Å²) in [6.45, 7) is -1.20. The van der Waals surface area contributed by atoms with Crippen molar-refractivity contribution in [1.82, 2.24) is 0 Å². The summed E-state index contributed by atoms with van der Waals surface area (Å²) in [4.78, 5) is 0. The first kappa shape index (κ1) is 15.8. The van der Waals surface area contributed by atoms with Crippen LogP contribution in [0.15, 0.2) is 24.3 Å². The fourth-order valence-electron chi connectivity index (χ4n) is 1.49. The highest BCUT2D eigenvalue weighted by Crippen LogP contribution is 2.21. The molecule has 1 rings (SSSR count). The molecule has 0 unspecified atom stereocenters. The van der Waals surface area contributed by atoms with Gasteiger partial charge in [-0.3, -0.25) is 0 Å². The molecule has 102 valence electrons. The van der Waals surface area contributed by atoms with Gasteiger partial charge >= 0.3 is 0 Å². The van der Waals surface area contributed by atoms with Gasteiger partial charge in [-0.25, -0.2) is 0 Å². The standard InChI is InChI=1S/C12H17IO5/c13-9-3-1-8(2-4-9)11(6-15)18-12(7-16)10(17)5-14/h1-4,10-12,14-17H,5-7H2/t10-,11+,12-/m1/s1. The second-order valence-corrected chi connectivity index (χ2v) is 5.08. The van der Waals surface area contributed by atoms with E-state index in [2.05, 4.69) is 22.6 Å². The van der Waals surface area contributed by atoms with Crippen LogP contribution in [0, 0.1) is 3.57 Å². The monoisotopic (exact) mass is 368 g/mol. The summed E-state index contributed by atoms with van der Waals surface area (Å²) in [5.41, 5.74) is 0.751. The van der Waals surface area contributed by atoms with Gasteiger partial charge in [-0.2, -0.15) is 0 Å². The number of halogens is 1. The van der Waals surface area contributed by atoms with Crippen LogP contribution in [0.3, 0.4) is 0 Å². The summed E-state index contributed by atoms with van der Waals surface area (Å²) in [7, 11) is 0. The number of aliphatic hydroxyl groups excluding tert-OH is 4. The first-order valence-electron chi connectivity index (χ1n) is 5.54. The average Bonchev–Trinajstić information content (AvgIpc) is 2.41. The molecule has 4 N–H and O–H groups in total. The summed E-state index contributed by atoms with van der Waals surface area (Å²) in [6, 6.07) is 7.36. The smallest absolute Gasteiger partial charge is 0.110 e. The zero-order valence-electron chi connectivity index (χ0n) is 9.74. The van der Waals surface area contributed by atoms with Crippen molar-refractivity contribution in [2.75, 3.05) is 19.8 Å². The predicted molar refractivity (Wildman–Crippen MR) is 74.0 cm³/mol. The van der Waals surface area contributed by atoms with E-state index >= 15 is 0 Å². The lowest BCUT2D eigenvalue weighted by molar-refractivity contribution is -0.122. The molecule has 0 saturated carbocycles. The van der Waals surface area contributed by atoms with Crippen molar-refractivity contribution in [3.63, 3.8) is 0 Å². The zero-order chi connectivity index (χ0) is 13.5. The number of benzene rings is 1. The van der Waals surface area contributed by atoms with Gasteiger partial charge in [-0.1, -0.05) is 12.1 Å². The van der Waals surface area contributed by atoms with Crippen molar-refractivity contribution in [1.29, 1.82) is 0 Å². The lowest BCUT2D eigenvalue weighted by atomic mass is 10.1. The van der Waals surface area contributed by atoms with E-state index in [1.54, 1.807) is 0 Å². The normalized spacial score (nSPS) is 16.3. The molecule has 0 spiro atoms. The summed E-state index contributed by atoms with van der Waals surface area (Å²) in [5.74, 6) is 0. The highest BCUT2D eigenvalue weighted by atomic mass is 127. The first-order chi connectivity index (χ1) is 8.62. The highest BCUT2D eigenvalue weighted by molar-refractivity contribution is 14.1. The molecule has 0 radical (unpaired) electrons. The van der Waals surface area contributed by atoms with E-state index in [9.17, 15) is 10.2 Å². The van der Waals surface area contributed by atoms with Gasteiger partial charge in [-0.05, 0) is 40.3 Å². The van der Waals surface area contributed by atoms with Crippen LogP contribution in [0.2, 0.25) is 0 Å². The molecule has 0 bridgehead atoms. The van der Waals surface area contributed by atoms with Gasteiger partial charge in [0.25, 0.3) is 0 Å². The van der Waals surface area contributed by atoms with E-state index < -0.39 is 31.5 Å². The van der Waals surface area contributed by atoms with Crippen LogP contribution in [-0.4, -0.2) is 52.5 Å². The molecular formula is C12H17IO5. The van der Waals surface area contributed by atoms with Crippen LogP contribution in [0.4, 0.5) is 0 Å². The van der Waals surface area contributed by atoms with Crippen molar-refractivity contribution in [3.05, 3.63) is 33.4 Å². The van der Waals surface area contributed by atoms with Crippen molar-refractivity contribution in [3.8, 4) is 0 Å². The molecule has 0 amide bonds. The number of ether oxygens (including phenoxy) is 1. The summed E-state index contributed by atoms with van der Waals surface area (Å²) < 4.78 is 6.47. The summed E-state index contributed by atoms with van der Waals surface area (Å²) in [6.07, 6.45) is -2.74. The number of rotatable bonds is 7. The van der Waals surface area contributed by atoms with Gasteiger partial charge in [0.2, 0.25) is 0 Å². The van der Waals surface area contributed by atoms with Crippen LogP contribution in [0.25, 0.3) is 0 Å². The summed E-state index contributed by atoms with van der Waals surface area (Å²) in [5, 5.41) is 36.6. The first-order valence-corrected chi connectivity index (χ1v) is 6.61. The van der Waals surface area contributed by atoms with E-state index in [4.69, 9.17) is 14.9 Å². The van der Waals surface area contributed by atoms with E-state index in [0.717, 1.165) is 9.13 Å². The van der Waals surface area contributed by atoms with Crippen molar-refractivity contribution in [2.45, 2.75) is 18.3 Å². The molecule has 1 aromatic rings. The molecule has 0 aliphatic rings. The molecular weight excluding hydrogens is 351 g/mol. The van der Waals surface area contributed by atoms with Crippen molar-refractivity contribution < 1.29 is 25.2 Å². The fourth-order valence-corrected chi connectivity index (χ4v) is 1.85. The lowest BCUT2D eigenvalue weighted by Crippen LogP contribution is -2.36.